The molecule has 0 saturated carbocycles. The molecule has 0 rings (SSSR count). The number of halogens is 3. The van der Waals surface area contributed by atoms with Crippen LogP contribution in [0.5, 0.6) is 0 Å². The van der Waals surface area contributed by atoms with Crippen molar-refractivity contribution >= 4 is 10.1 Å². The summed E-state index contributed by atoms with van der Waals surface area (Å²) in [5.74, 6) is 0. The molecule has 9 heteroatoms. The Balaban J connectivity index is 0. The average molecular weight is 179 g/mol. The van der Waals surface area contributed by atoms with E-state index in [0.717, 1.165) is 0 Å². The SMILES string of the molecule is N#[O+].O=S(=O)([O-])C(F)(F)F. The van der Waals surface area contributed by atoms with Crippen LogP contribution in [0, 0.1) is 5.46 Å². The van der Waals surface area contributed by atoms with E-state index in [4.69, 9.17) is 23.2 Å². The quantitative estimate of drug-likeness (QED) is 0.295. The Kier molecular flexibility index (Phi) is 4.25. The fraction of sp³-hybridized carbons (Fsp3) is 1.00. The topological polar surface area (TPSA) is 101 Å². The van der Waals surface area contributed by atoms with E-state index >= 15 is 0 Å². The van der Waals surface area contributed by atoms with Gasteiger partial charge in [0.05, 0.1) is 0 Å². The molecule has 0 fully saturated rings. The molecule has 0 spiro atoms. The van der Waals surface area contributed by atoms with Crippen molar-refractivity contribution in [3.63, 3.8) is 0 Å². The summed E-state index contributed by atoms with van der Waals surface area (Å²) in [5.41, 5.74) is 0.104. The molecule has 0 N–H and O–H groups in total. The van der Waals surface area contributed by atoms with Gasteiger partial charge in [-0.3, -0.25) is 0 Å². The Hall–Kier alpha value is -0.630. The first-order chi connectivity index (χ1) is 4.25. The largest absolute Gasteiger partial charge is 0.741 e. The average Bonchev–Trinajstić information content (AvgIpc) is 1.66. The van der Waals surface area contributed by atoms with Crippen molar-refractivity contribution in [2.24, 2.45) is 0 Å². The van der Waals surface area contributed by atoms with Gasteiger partial charge in [0.1, 0.15) is 0 Å². The molecular weight excluding hydrogens is 179 g/mol. The van der Waals surface area contributed by atoms with E-state index in [2.05, 4.69) is 0 Å². The Bertz CT molecular complexity index is 200. The van der Waals surface area contributed by atoms with Crippen LogP contribution < -0.4 is 0 Å². The summed E-state index contributed by atoms with van der Waals surface area (Å²) in [6.45, 7) is 0. The molecule has 0 bridgehead atoms. The second-order valence-corrected chi connectivity index (χ2v) is 2.27. The minimum atomic E-state index is -6.09. The molecule has 10 heavy (non-hydrogen) atoms. The predicted molar refractivity (Wildman–Crippen MR) is 18.2 cm³/mol. The fourth-order valence-electron chi connectivity index (χ4n) is 0. The van der Waals surface area contributed by atoms with E-state index < -0.39 is 15.6 Å². The standard InChI is InChI=1S/CHF3O3S.NO/c2-1(3,4)8(5,6)7;1-2/h(H,5,6,7);/q;+1/p-1. The van der Waals surface area contributed by atoms with Crippen LogP contribution in [0.15, 0.2) is 0 Å². The summed E-state index contributed by atoms with van der Waals surface area (Å²) in [7, 11) is -6.09. The predicted octanol–water partition coefficient (Wildman–Crippen LogP) is -0.0523. The number of nitrogens with zero attached hydrogens (tertiary/aromatic N) is 1. The van der Waals surface area contributed by atoms with E-state index in [1.165, 1.54) is 0 Å². The van der Waals surface area contributed by atoms with Crippen LogP contribution in [0.2, 0.25) is 0 Å². The van der Waals surface area contributed by atoms with Crippen molar-refractivity contribution in [1.29, 1.82) is 5.46 Å². The molecule has 60 valence electrons. The zero-order valence-electron chi connectivity index (χ0n) is 4.12. The zero-order valence-corrected chi connectivity index (χ0v) is 4.94. The molecule has 0 radical (unpaired) electrons. The van der Waals surface area contributed by atoms with Crippen LogP contribution in [0.1, 0.15) is 0 Å². The van der Waals surface area contributed by atoms with Crippen LogP contribution >= 0.6 is 0 Å². The molecule has 0 aliphatic heterocycles. The van der Waals surface area contributed by atoms with Gasteiger partial charge in [-0.2, -0.15) is 13.2 Å². The molecule has 0 aromatic rings. The van der Waals surface area contributed by atoms with Crippen LogP contribution in [-0.4, -0.2) is 18.5 Å². The summed E-state index contributed by atoms with van der Waals surface area (Å²) in [5, 5.41) is 0. The second-order valence-electron chi connectivity index (χ2n) is 0.900. The third-order valence-electron chi connectivity index (χ3n) is 0.283. The van der Waals surface area contributed by atoms with Gasteiger partial charge in [-0.1, -0.05) is 0 Å². The number of hydrogen-bond acceptors (Lipinski definition) is 4. The van der Waals surface area contributed by atoms with Crippen LogP contribution in [0.4, 0.5) is 13.2 Å². The van der Waals surface area contributed by atoms with Crippen molar-refractivity contribution in [1.82, 2.24) is 0 Å². The van der Waals surface area contributed by atoms with E-state index in [0.29, 0.717) is 0 Å². The van der Waals surface area contributed by atoms with Gasteiger partial charge in [0, 0.05) is 0 Å². The fourth-order valence-corrected chi connectivity index (χ4v) is 0. The zero-order chi connectivity index (χ0) is 9.00. The van der Waals surface area contributed by atoms with Crippen molar-refractivity contribution in [3.8, 4) is 0 Å². The van der Waals surface area contributed by atoms with Gasteiger partial charge in [-0.05, 0) is 0 Å². The van der Waals surface area contributed by atoms with Gasteiger partial charge in [0.15, 0.2) is 10.1 Å². The van der Waals surface area contributed by atoms with Crippen LogP contribution in [-0.2, 0) is 14.9 Å². The molecule has 0 amide bonds. The van der Waals surface area contributed by atoms with Gasteiger partial charge >= 0.3 is 15.7 Å². The maximum atomic E-state index is 10.7. The van der Waals surface area contributed by atoms with Crippen molar-refractivity contribution < 1.29 is 30.9 Å². The third kappa shape index (κ3) is 4.27. The number of hydrogen-bond donors (Lipinski definition) is 0. The Labute approximate surface area is 53.1 Å². The second kappa shape index (κ2) is 3.52. The molecular formula is CF3NO4S. The van der Waals surface area contributed by atoms with E-state index in [9.17, 15) is 13.2 Å². The summed E-state index contributed by atoms with van der Waals surface area (Å²) in [4.78, 5) is 0. The molecule has 0 aromatic heterocycles. The minimum Gasteiger partial charge on any atom is -0.741 e. The van der Waals surface area contributed by atoms with Gasteiger partial charge in [0.2, 0.25) is 0 Å². The van der Waals surface area contributed by atoms with Crippen molar-refractivity contribution in [3.05, 3.63) is 0 Å². The van der Waals surface area contributed by atoms with E-state index in [1.807, 2.05) is 0 Å². The molecule has 5 nitrogen and oxygen atoms in total. The molecule has 0 unspecified atom stereocenters. The maximum absolute atomic E-state index is 10.7. The number of rotatable bonds is 0. The first kappa shape index (κ1) is 12.1. The summed E-state index contributed by atoms with van der Waals surface area (Å²) in [6.07, 6.45) is 0. The first-order valence-electron chi connectivity index (χ1n) is 1.45. The monoisotopic (exact) mass is 179 g/mol. The van der Waals surface area contributed by atoms with Gasteiger partial charge in [-0.25, -0.2) is 8.42 Å². The summed E-state index contributed by atoms with van der Waals surface area (Å²) >= 11 is 0. The van der Waals surface area contributed by atoms with E-state index in [1.54, 1.807) is 0 Å². The number of alkyl halides is 3. The van der Waals surface area contributed by atoms with E-state index in [-0.39, 0.29) is 0 Å². The third-order valence-corrected chi connectivity index (χ3v) is 0.850. The minimum absolute atomic E-state index is 5.65. The Morgan fingerprint density at radius 2 is 1.40 bits per heavy atom. The van der Waals surface area contributed by atoms with Crippen molar-refractivity contribution in [2.75, 3.05) is 0 Å². The first-order valence-corrected chi connectivity index (χ1v) is 2.86. The normalized spacial score (nSPS) is 11.4. The summed E-state index contributed by atoms with van der Waals surface area (Å²) < 4.78 is 66.2. The molecule has 0 saturated heterocycles. The van der Waals surface area contributed by atoms with Gasteiger partial charge in [0.25, 0.3) is 0 Å². The van der Waals surface area contributed by atoms with Gasteiger partial charge < -0.3 is 4.55 Å². The molecule has 0 heterocycles. The Morgan fingerprint density at radius 3 is 1.40 bits per heavy atom. The smallest absolute Gasteiger partial charge is 0.485 e. The Morgan fingerprint density at radius 1 is 1.30 bits per heavy atom. The van der Waals surface area contributed by atoms with Crippen molar-refractivity contribution in [2.45, 2.75) is 5.51 Å². The molecule has 0 atom stereocenters. The molecule has 0 aliphatic carbocycles. The maximum Gasteiger partial charge on any atom is 0.485 e. The summed E-state index contributed by atoms with van der Waals surface area (Å²) in [6, 6.07) is 0. The van der Waals surface area contributed by atoms with Gasteiger partial charge in [-0.15, -0.1) is 0 Å². The molecule has 0 aliphatic rings. The van der Waals surface area contributed by atoms with Crippen LogP contribution in [0.3, 0.4) is 0 Å². The van der Waals surface area contributed by atoms with Crippen LogP contribution in [0.25, 0.3) is 0 Å². The molecule has 0 aromatic carbocycles.